The zero-order chi connectivity index (χ0) is 10.7. The highest BCUT2D eigenvalue weighted by Crippen LogP contribution is 2.25. The van der Waals surface area contributed by atoms with E-state index in [1.54, 1.807) is 0 Å². The second-order valence-corrected chi connectivity index (χ2v) is 5.32. The quantitative estimate of drug-likeness (QED) is 0.639. The van der Waals surface area contributed by atoms with Crippen molar-refractivity contribution in [2.45, 2.75) is 0 Å². The van der Waals surface area contributed by atoms with E-state index in [1.807, 2.05) is 42.5 Å². The van der Waals surface area contributed by atoms with Crippen molar-refractivity contribution < 1.29 is 4.74 Å². The maximum atomic E-state index is 5.71. The highest BCUT2D eigenvalue weighted by atomic mass is 127. The molecule has 3 heteroatoms. The Balaban J connectivity index is 2.22. The monoisotopic (exact) mass is 422 g/mol. The SMILES string of the molecule is Ic1ccc(Oc2ccccc2)cc1I. The van der Waals surface area contributed by atoms with Crippen LogP contribution in [0.25, 0.3) is 0 Å². The first-order valence-electron chi connectivity index (χ1n) is 4.43. The molecule has 0 heterocycles. The number of para-hydroxylation sites is 1. The minimum atomic E-state index is 0.870. The number of hydrogen-bond donors (Lipinski definition) is 0. The molecule has 2 rings (SSSR count). The predicted octanol–water partition coefficient (Wildman–Crippen LogP) is 4.69. The first-order valence-corrected chi connectivity index (χ1v) is 6.59. The van der Waals surface area contributed by atoms with Crippen LogP contribution < -0.4 is 4.74 Å². The van der Waals surface area contributed by atoms with Gasteiger partial charge in [-0.25, -0.2) is 0 Å². The fourth-order valence-corrected chi connectivity index (χ4v) is 1.99. The maximum Gasteiger partial charge on any atom is 0.128 e. The average molecular weight is 422 g/mol. The molecule has 0 N–H and O–H groups in total. The molecule has 0 fully saturated rings. The smallest absolute Gasteiger partial charge is 0.128 e. The van der Waals surface area contributed by atoms with Crippen molar-refractivity contribution in [1.82, 2.24) is 0 Å². The van der Waals surface area contributed by atoms with E-state index in [9.17, 15) is 0 Å². The van der Waals surface area contributed by atoms with E-state index < -0.39 is 0 Å². The first-order chi connectivity index (χ1) is 7.25. The molecule has 0 radical (unpaired) electrons. The summed E-state index contributed by atoms with van der Waals surface area (Å²) in [5.41, 5.74) is 0. The molecule has 2 aromatic rings. The highest BCUT2D eigenvalue weighted by molar-refractivity contribution is 14.1. The summed E-state index contributed by atoms with van der Waals surface area (Å²) in [7, 11) is 0. The lowest BCUT2D eigenvalue weighted by Crippen LogP contribution is -1.85. The van der Waals surface area contributed by atoms with E-state index >= 15 is 0 Å². The van der Waals surface area contributed by atoms with Gasteiger partial charge in [-0.15, -0.1) is 0 Å². The van der Waals surface area contributed by atoms with Gasteiger partial charge >= 0.3 is 0 Å². The minimum absolute atomic E-state index is 0.870. The van der Waals surface area contributed by atoms with E-state index in [0.29, 0.717) is 0 Å². The van der Waals surface area contributed by atoms with Gasteiger partial charge in [0.1, 0.15) is 11.5 Å². The molecule has 2 aromatic carbocycles. The largest absolute Gasteiger partial charge is 0.457 e. The van der Waals surface area contributed by atoms with Gasteiger partial charge in [-0.2, -0.15) is 0 Å². The van der Waals surface area contributed by atoms with E-state index in [2.05, 4.69) is 51.2 Å². The molecule has 0 atom stereocenters. The van der Waals surface area contributed by atoms with Gasteiger partial charge in [0.15, 0.2) is 0 Å². The van der Waals surface area contributed by atoms with Crippen LogP contribution in [0, 0.1) is 7.14 Å². The summed E-state index contributed by atoms with van der Waals surface area (Å²) in [6.07, 6.45) is 0. The van der Waals surface area contributed by atoms with Crippen LogP contribution in [0.5, 0.6) is 11.5 Å². The van der Waals surface area contributed by atoms with Crippen LogP contribution in [0.4, 0.5) is 0 Å². The molecule has 0 aliphatic carbocycles. The van der Waals surface area contributed by atoms with Gasteiger partial charge in [-0.3, -0.25) is 0 Å². The Hall–Kier alpha value is -0.300. The summed E-state index contributed by atoms with van der Waals surface area (Å²) in [4.78, 5) is 0. The molecular formula is C12H8I2O. The van der Waals surface area contributed by atoms with Crippen molar-refractivity contribution in [3.05, 3.63) is 55.7 Å². The molecule has 15 heavy (non-hydrogen) atoms. The van der Waals surface area contributed by atoms with Gasteiger partial charge in [-0.05, 0) is 75.5 Å². The topological polar surface area (TPSA) is 9.23 Å². The van der Waals surface area contributed by atoms with E-state index in [1.165, 1.54) is 7.14 Å². The Morgan fingerprint density at radius 2 is 1.47 bits per heavy atom. The fraction of sp³-hybridized carbons (Fsp3) is 0. The number of ether oxygens (including phenoxy) is 1. The Labute approximate surface area is 116 Å². The lowest BCUT2D eigenvalue weighted by atomic mass is 10.3. The summed E-state index contributed by atoms with van der Waals surface area (Å²) in [5.74, 6) is 1.75. The van der Waals surface area contributed by atoms with Crippen molar-refractivity contribution in [3.8, 4) is 11.5 Å². The van der Waals surface area contributed by atoms with Crippen molar-refractivity contribution in [1.29, 1.82) is 0 Å². The van der Waals surface area contributed by atoms with E-state index in [-0.39, 0.29) is 0 Å². The van der Waals surface area contributed by atoms with Crippen LogP contribution in [-0.4, -0.2) is 0 Å². The molecule has 76 valence electrons. The van der Waals surface area contributed by atoms with Gasteiger partial charge in [0, 0.05) is 7.14 Å². The molecule has 0 saturated carbocycles. The molecule has 1 nitrogen and oxygen atoms in total. The van der Waals surface area contributed by atoms with Crippen LogP contribution in [0.15, 0.2) is 48.5 Å². The molecule has 0 bridgehead atoms. The predicted molar refractivity (Wildman–Crippen MR) is 78.4 cm³/mol. The van der Waals surface area contributed by atoms with Gasteiger partial charge < -0.3 is 4.74 Å². The van der Waals surface area contributed by atoms with Crippen LogP contribution in [-0.2, 0) is 0 Å². The second-order valence-electron chi connectivity index (χ2n) is 2.99. The summed E-state index contributed by atoms with van der Waals surface area (Å²) in [6.45, 7) is 0. The molecule has 0 spiro atoms. The molecule has 0 amide bonds. The highest BCUT2D eigenvalue weighted by Gasteiger charge is 2.00. The molecular weight excluding hydrogens is 414 g/mol. The summed E-state index contributed by atoms with van der Waals surface area (Å²) >= 11 is 4.61. The molecule has 0 unspecified atom stereocenters. The third kappa shape index (κ3) is 3.07. The van der Waals surface area contributed by atoms with Crippen molar-refractivity contribution in [2.75, 3.05) is 0 Å². The molecule has 0 aliphatic rings. The Bertz CT molecular complexity index is 454. The molecule has 0 aromatic heterocycles. The minimum Gasteiger partial charge on any atom is -0.457 e. The van der Waals surface area contributed by atoms with E-state index in [4.69, 9.17) is 4.74 Å². The zero-order valence-electron chi connectivity index (χ0n) is 7.78. The van der Waals surface area contributed by atoms with Gasteiger partial charge in [0.2, 0.25) is 0 Å². The van der Waals surface area contributed by atoms with Crippen LogP contribution in [0.2, 0.25) is 0 Å². The Morgan fingerprint density at radius 1 is 0.733 bits per heavy atom. The fourth-order valence-electron chi connectivity index (χ4n) is 1.16. The van der Waals surface area contributed by atoms with Crippen LogP contribution in [0.3, 0.4) is 0 Å². The summed E-state index contributed by atoms with van der Waals surface area (Å²) in [6, 6.07) is 15.9. The molecule has 0 saturated heterocycles. The second kappa shape index (κ2) is 5.16. The van der Waals surface area contributed by atoms with Crippen molar-refractivity contribution in [3.63, 3.8) is 0 Å². The lowest BCUT2D eigenvalue weighted by molar-refractivity contribution is 0.482. The van der Waals surface area contributed by atoms with Crippen molar-refractivity contribution in [2.24, 2.45) is 0 Å². The van der Waals surface area contributed by atoms with Gasteiger partial charge in [0.05, 0.1) is 0 Å². The standard InChI is InChI=1S/C12H8I2O/c13-11-7-6-10(8-12(11)14)15-9-4-2-1-3-5-9/h1-8H. The normalized spacial score (nSPS) is 10.0. The summed E-state index contributed by atoms with van der Waals surface area (Å²) < 4.78 is 8.16. The van der Waals surface area contributed by atoms with Gasteiger partial charge in [0.25, 0.3) is 0 Å². The lowest BCUT2D eigenvalue weighted by Gasteiger charge is -2.06. The Kier molecular flexibility index (Phi) is 3.85. The van der Waals surface area contributed by atoms with Crippen molar-refractivity contribution >= 4 is 45.2 Å². The number of halogens is 2. The van der Waals surface area contributed by atoms with Crippen LogP contribution >= 0.6 is 45.2 Å². The average Bonchev–Trinajstić information content (AvgIpc) is 2.25. The maximum absolute atomic E-state index is 5.71. The zero-order valence-corrected chi connectivity index (χ0v) is 12.1. The van der Waals surface area contributed by atoms with Crippen LogP contribution in [0.1, 0.15) is 0 Å². The number of rotatable bonds is 2. The third-order valence-electron chi connectivity index (χ3n) is 1.87. The van der Waals surface area contributed by atoms with Gasteiger partial charge in [-0.1, -0.05) is 18.2 Å². The van der Waals surface area contributed by atoms with E-state index in [0.717, 1.165) is 11.5 Å². The molecule has 0 aliphatic heterocycles. The number of benzene rings is 2. The third-order valence-corrected chi connectivity index (χ3v) is 4.74. The number of hydrogen-bond acceptors (Lipinski definition) is 1. The Morgan fingerprint density at radius 3 is 2.13 bits per heavy atom. The summed E-state index contributed by atoms with van der Waals surface area (Å²) in [5, 5.41) is 0. The first kappa shape index (κ1) is 11.2.